The first-order chi connectivity index (χ1) is 19.6. The number of non-ortho nitro benzene ring substituents is 1. The minimum absolute atomic E-state index is 0.00867. The van der Waals surface area contributed by atoms with E-state index in [1.54, 1.807) is 13.8 Å². The summed E-state index contributed by atoms with van der Waals surface area (Å²) in [6, 6.07) is 5.51. The van der Waals surface area contributed by atoms with Crippen LogP contribution in [0.15, 0.2) is 35.4 Å². The minimum Gasteiger partial charge on any atom is -0.369 e. The first-order valence-corrected chi connectivity index (χ1v) is 16.1. The average Bonchev–Trinajstić information content (AvgIpc) is 3.53. The number of rotatable bonds is 11. The Bertz CT molecular complexity index is 1640. The van der Waals surface area contributed by atoms with Crippen molar-refractivity contribution in [3.8, 4) is 0 Å². The van der Waals surface area contributed by atoms with Gasteiger partial charge in [0.2, 0.25) is 5.95 Å². The molecule has 5 N–H and O–H groups in total. The molecule has 2 aliphatic heterocycles. The highest BCUT2D eigenvalue weighted by molar-refractivity contribution is 7.70. The van der Waals surface area contributed by atoms with Crippen LogP contribution in [0.4, 0.5) is 11.6 Å². The van der Waals surface area contributed by atoms with Crippen molar-refractivity contribution in [3.63, 3.8) is 0 Å². The molecule has 0 spiro atoms. The van der Waals surface area contributed by atoms with Crippen LogP contribution in [0.25, 0.3) is 11.2 Å². The van der Waals surface area contributed by atoms with Crippen molar-refractivity contribution in [2.45, 2.75) is 50.6 Å². The number of nitrogens with one attached hydrogen (secondary N) is 1. The number of nitro benzene ring substituents is 1. The fraction of sp³-hybridized carbons (Fsp3) is 0.500. The molecule has 0 aliphatic carbocycles. The molecule has 228 valence electrons. The standard InChI is InChI=1S/C22H28N6O12P2/c1-22(2)39-16-14(38-20(17(16)40-22)27-10-24-15-18(27)25-21(23)26-19(15)29)9-37-42(34,35)11-41(32,33)36-8-7-12-3-5-13(6-4-12)28(30)31/h3-6,10,14,16-17,20H,7-9,11H2,1-2H3,(H,32,33)(H,34,35)(H3,23,25,26,29)/t14-,16-,17-,20-/m1/s1. The molecule has 5 rings (SSSR count). The Morgan fingerprint density at radius 1 is 1.17 bits per heavy atom. The number of hydrogen-bond acceptors (Lipinski definition) is 13. The fourth-order valence-electron chi connectivity index (χ4n) is 4.73. The lowest BCUT2D eigenvalue weighted by Gasteiger charge is -2.25. The number of anilines is 1. The number of nitro groups is 1. The number of aromatic nitrogens is 4. The highest BCUT2D eigenvalue weighted by Gasteiger charge is 2.56. The zero-order chi connectivity index (χ0) is 30.4. The molecule has 1 aromatic carbocycles. The van der Waals surface area contributed by atoms with Crippen LogP contribution in [0, 0.1) is 10.1 Å². The van der Waals surface area contributed by atoms with Gasteiger partial charge in [-0.3, -0.25) is 33.6 Å². The van der Waals surface area contributed by atoms with Gasteiger partial charge in [0, 0.05) is 12.1 Å². The molecular formula is C22H28N6O12P2. The van der Waals surface area contributed by atoms with E-state index in [2.05, 4.69) is 15.0 Å². The Labute approximate surface area is 236 Å². The van der Waals surface area contributed by atoms with Gasteiger partial charge >= 0.3 is 15.2 Å². The van der Waals surface area contributed by atoms with Crippen LogP contribution in [0.3, 0.4) is 0 Å². The second kappa shape index (κ2) is 11.2. The largest absolute Gasteiger partial charge is 0.369 e. The third kappa shape index (κ3) is 6.62. The van der Waals surface area contributed by atoms with E-state index in [0.717, 1.165) is 0 Å². The molecule has 3 aromatic rings. The van der Waals surface area contributed by atoms with Gasteiger partial charge in [-0.15, -0.1) is 0 Å². The zero-order valence-corrected chi connectivity index (χ0v) is 24.1. The molecule has 20 heteroatoms. The molecular weight excluding hydrogens is 602 g/mol. The molecule has 2 unspecified atom stereocenters. The van der Waals surface area contributed by atoms with Crippen LogP contribution in [0.5, 0.6) is 0 Å². The number of ether oxygens (including phenoxy) is 3. The Morgan fingerprint density at radius 3 is 2.52 bits per heavy atom. The molecule has 18 nitrogen and oxygen atoms in total. The summed E-state index contributed by atoms with van der Waals surface area (Å²) in [6.45, 7) is 2.53. The molecule has 2 aliphatic rings. The zero-order valence-electron chi connectivity index (χ0n) is 22.3. The van der Waals surface area contributed by atoms with Crippen LogP contribution in [0.2, 0.25) is 0 Å². The van der Waals surface area contributed by atoms with E-state index in [1.165, 1.54) is 35.2 Å². The third-order valence-corrected chi connectivity index (χ3v) is 10.5. The van der Waals surface area contributed by atoms with E-state index in [0.29, 0.717) is 5.56 Å². The summed E-state index contributed by atoms with van der Waals surface area (Å²) in [4.78, 5) is 53.5. The van der Waals surface area contributed by atoms with E-state index in [-0.39, 0.29) is 35.8 Å². The number of fused-ring (bicyclic) bond motifs is 2. The van der Waals surface area contributed by atoms with Gasteiger partial charge in [0.25, 0.3) is 11.2 Å². The summed E-state index contributed by atoms with van der Waals surface area (Å²) in [7, 11) is -9.26. The van der Waals surface area contributed by atoms with Crippen molar-refractivity contribution in [2.75, 3.05) is 24.9 Å². The molecule has 0 saturated carbocycles. The van der Waals surface area contributed by atoms with Crippen molar-refractivity contribution in [1.82, 2.24) is 19.5 Å². The maximum atomic E-state index is 12.8. The molecule has 2 saturated heterocycles. The van der Waals surface area contributed by atoms with Gasteiger partial charge in [0.1, 0.15) is 18.3 Å². The normalized spacial score (nSPS) is 26.1. The van der Waals surface area contributed by atoms with E-state index >= 15 is 0 Å². The maximum absolute atomic E-state index is 12.8. The van der Waals surface area contributed by atoms with Gasteiger partial charge in [0.15, 0.2) is 29.1 Å². The molecule has 2 aromatic heterocycles. The number of imidazole rings is 1. The Balaban J connectivity index is 1.22. The molecule has 2 fully saturated rings. The van der Waals surface area contributed by atoms with Crippen LogP contribution in [0.1, 0.15) is 25.6 Å². The Morgan fingerprint density at radius 2 is 1.83 bits per heavy atom. The smallest absolute Gasteiger partial charge is 0.340 e. The van der Waals surface area contributed by atoms with Crippen molar-refractivity contribution < 1.29 is 47.1 Å². The Kier molecular flexibility index (Phi) is 8.12. The molecule has 0 radical (unpaired) electrons. The van der Waals surface area contributed by atoms with Gasteiger partial charge in [-0.2, -0.15) is 4.98 Å². The van der Waals surface area contributed by atoms with Crippen molar-refractivity contribution in [3.05, 3.63) is 56.6 Å². The first kappa shape index (κ1) is 30.4. The molecule has 4 heterocycles. The summed E-state index contributed by atoms with van der Waals surface area (Å²) in [5.74, 6) is -2.39. The Hall–Kier alpha value is -3.05. The van der Waals surface area contributed by atoms with Crippen molar-refractivity contribution >= 4 is 38.0 Å². The summed E-state index contributed by atoms with van der Waals surface area (Å²) >= 11 is 0. The highest BCUT2D eigenvalue weighted by atomic mass is 31.2. The van der Waals surface area contributed by atoms with Gasteiger partial charge in [0.05, 0.1) is 24.5 Å². The summed E-state index contributed by atoms with van der Waals surface area (Å²) < 4.78 is 54.8. The van der Waals surface area contributed by atoms with Crippen LogP contribution >= 0.6 is 15.2 Å². The predicted molar refractivity (Wildman–Crippen MR) is 144 cm³/mol. The van der Waals surface area contributed by atoms with Crippen molar-refractivity contribution in [2.24, 2.45) is 0 Å². The van der Waals surface area contributed by atoms with E-state index < -0.39 is 68.5 Å². The maximum Gasteiger partial charge on any atom is 0.340 e. The lowest BCUT2D eigenvalue weighted by Crippen LogP contribution is -2.32. The topological polar surface area (TPSA) is 253 Å². The fourth-order valence-corrected chi connectivity index (χ4v) is 7.95. The SMILES string of the molecule is CC1(C)O[C@@H]2[C@H](O1)[C@@H](COP(=O)(O)CP(=O)(O)OCCc1ccc([N+](=O)[O-])cc1)O[C@H]2n1cnc2c(=O)[nH]c(N)nc21. The number of nitrogens with two attached hydrogens (primary N) is 1. The lowest BCUT2D eigenvalue weighted by molar-refractivity contribution is -0.384. The summed E-state index contributed by atoms with van der Waals surface area (Å²) in [5, 5.41) is 10.8. The minimum atomic E-state index is -4.68. The van der Waals surface area contributed by atoms with E-state index in [4.69, 9.17) is 29.0 Å². The number of hydrogen-bond donors (Lipinski definition) is 4. The van der Waals surface area contributed by atoms with Gasteiger partial charge in [-0.05, 0) is 25.8 Å². The number of nitrogens with zero attached hydrogens (tertiary/aromatic N) is 4. The summed E-state index contributed by atoms with van der Waals surface area (Å²) in [5.41, 5.74) is 5.75. The number of benzene rings is 1. The van der Waals surface area contributed by atoms with Crippen LogP contribution in [-0.4, -0.2) is 77.4 Å². The predicted octanol–water partition coefficient (Wildman–Crippen LogP) is 1.63. The number of aromatic amines is 1. The third-order valence-electron chi connectivity index (χ3n) is 6.48. The second-order valence-electron chi connectivity index (χ2n) is 10.1. The number of H-pyrrole nitrogens is 1. The van der Waals surface area contributed by atoms with Crippen LogP contribution in [-0.2, 0) is 38.8 Å². The second-order valence-corrected chi connectivity index (χ2v) is 14.3. The summed E-state index contributed by atoms with van der Waals surface area (Å²) in [6.07, 6.45) is -2.02. The average molecular weight is 630 g/mol. The van der Waals surface area contributed by atoms with Gasteiger partial charge in [-0.1, -0.05) is 12.1 Å². The molecule has 6 atom stereocenters. The van der Waals surface area contributed by atoms with Crippen LogP contribution < -0.4 is 11.3 Å². The van der Waals surface area contributed by atoms with E-state index in [1.807, 2.05) is 0 Å². The first-order valence-electron chi connectivity index (χ1n) is 12.5. The monoisotopic (exact) mass is 630 g/mol. The lowest BCUT2D eigenvalue weighted by atomic mass is 10.1. The number of nitrogen functional groups attached to an aromatic ring is 1. The van der Waals surface area contributed by atoms with Gasteiger partial charge in [-0.25, -0.2) is 4.98 Å². The molecule has 0 bridgehead atoms. The quantitative estimate of drug-likeness (QED) is 0.133. The highest BCUT2D eigenvalue weighted by Crippen LogP contribution is 2.58. The molecule has 0 amide bonds. The van der Waals surface area contributed by atoms with Crippen molar-refractivity contribution in [1.29, 1.82) is 0 Å². The van der Waals surface area contributed by atoms with Gasteiger partial charge < -0.3 is 38.8 Å². The van der Waals surface area contributed by atoms with E-state index in [9.17, 15) is 33.8 Å². The molecule has 42 heavy (non-hydrogen) atoms.